The molecule has 110 valence electrons. The molecule has 21 heavy (non-hydrogen) atoms. The van der Waals surface area contributed by atoms with E-state index < -0.39 is 5.82 Å². The third kappa shape index (κ3) is 5.08. The Balaban J connectivity index is 1.71. The number of carbonyl (C=O) groups is 1. The highest BCUT2D eigenvalue weighted by Crippen LogP contribution is 2.20. The lowest BCUT2D eigenvalue weighted by molar-refractivity contribution is -0.123. The van der Waals surface area contributed by atoms with Crippen LogP contribution in [0.2, 0.25) is 5.02 Å². The van der Waals surface area contributed by atoms with E-state index in [-0.39, 0.29) is 17.5 Å². The van der Waals surface area contributed by atoms with Crippen LogP contribution in [0.5, 0.6) is 5.75 Å². The number of nitrogens with one attached hydrogen (secondary N) is 1. The van der Waals surface area contributed by atoms with Crippen LogP contribution in [0.15, 0.2) is 48.5 Å². The van der Waals surface area contributed by atoms with E-state index in [4.69, 9.17) is 16.3 Å². The Morgan fingerprint density at radius 3 is 2.67 bits per heavy atom. The van der Waals surface area contributed by atoms with Gasteiger partial charge >= 0.3 is 0 Å². The minimum atomic E-state index is -0.517. The first-order valence-electron chi connectivity index (χ1n) is 6.53. The normalized spacial score (nSPS) is 10.2. The second-order valence-electron chi connectivity index (χ2n) is 4.45. The molecule has 0 saturated carbocycles. The minimum absolute atomic E-state index is 0.0306. The zero-order valence-corrected chi connectivity index (χ0v) is 12.1. The van der Waals surface area contributed by atoms with Gasteiger partial charge in [-0.05, 0) is 24.1 Å². The molecule has 0 bridgehead atoms. The highest BCUT2D eigenvalue weighted by Gasteiger charge is 2.05. The monoisotopic (exact) mass is 307 g/mol. The molecule has 2 aromatic rings. The second-order valence-corrected chi connectivity index (χ2v) is 4.86. The SMILES string of the molecule is O=C(COc1ccc(F)c(Cl)c1)NCCc1ccccc1. The van der Waals surface area contributed by atoms with Crippen molar-refractivity contribution in [2.75, 3.05) is 13.2 Å². The molecular weight excluding hydrogens is 293 g/mol. The molecule has 0 atom stereocenters. The van der Waals surface area contributed by atoms with Gasteiger partial charge in [-0.2, -0.15) is 0 Å². The molecule has 1 amide bonds. The van der Waals surface area contributed by atoms with E-state index in [1.807, 2.05) is 30.3 Å². The van der Waals surface area contributed by atoms with Crippen molar-refractivity contribution in [1.29, 1.82) is 0 Å². The minimum Gasteiger partial charge on any atom is -0.484 e. The van der Waals surface area contributed by atoms with Crippen LogP contribution in [0.25, 0.3) is 0 Å². The zero-order chi connectivity index (χ0) is 15.1. The Bertz CT molecular complexity index is 604. The molecule has 1 N–H and O–H groups in total. The summed E-state index contributed by atoms with van der Waals surface area (Å²) in [6.07, 6.45) is 0.759. The predicted octanol–water partition coefficient (Wildman–Crippen LogP) is 3.22. The molecule has 0 aliphatic carbocycles. The summed E-state index contributed by atoms with van der Waals surface area (Å²) in [5, 5.41) is 2.73. The van der Waals surface area contributed by atoms with Crippen LogP contribution in [-0.4, -0.2) is 19.1 Å². The lowest BCUT2D eigenvalue weighted by Gasteiger charge is -2.08. The first-order valence-corrected chi connectivity index (χ1v) is 6.91. The van der Waals surface area contributed by atoms with Crippen molar-refractivity contribution in [3.05, 3.63) is 64.9 Å². The molecule has 0 saturated heterocycles. The van der Waals surface area contributed by atoms with Crippen LogP contribution >= 0.6 is 11.6 Å². The van der Waals surface area contributed by atoms with Gasteiger partial charge in [0.15, 0.2) is 6.61 Å². The van der Waals surface area contributed by atoms with Gasteiger partial charge in [0.25, 0.3) is 5.91 Å². The number of amides is 1. The van der Waals surface area contributed by atoms with Gasteiger partial charge in [-0.3, -0.25) is 4.79 Å². The highest BCUT2D eigenvalue weighted by atomic mass is 35.5. The molecule has 0 unspecified atom stereocenters. The van der Waals surface area contributed by atoms with E-state index in [9.17, 15) is 9.18 Å². The molecule has 0 radical (unpaired) electrons. The Kier molecular flexibility index (Phi) is 5.58. The van der Waals surface area contributed by atoms with E-state index in [2.05, 4.69) is 5.32 Å². The van der Waals surface area contributed by atoms with Gasteiger partial charge in [0.1, 0.15) is 11.6 Å². The van der Waals surface area contributed by atoms with Crippen LogP contribution < -0.4 is 10.1 Å². The van der Waals surface area contributed by atoms with Gasteiger partial charge in [-0.15, -0.1) is 0 Å². The molecule has 0 aliphatic heterocycles. The number of benzene rings is 2. The average Bonchev–Trinajstić information content (AvgIpc) is 2.49. The van der Waals surface area contributed by atoms with Crippen LogP contribution in [0.4, 0.5) is 4.39 Å². The summed E-state index contributed by atoms with van der Waals surface area (Å²) in [4.78, 5) is 11.6. The van der Waals surface area contributed by atoms with Crippen LogP contribution in [-0.2, 0) is 11.2 Å². The first-order chi connectivity index (χ1) is 10.1. The van der Waals surface area contributed by atoms with Gasteiger partial charge in [-0.25, -0.2) is 4.39 Å². The number of halogens is 2. The smallest absolute Gasteiger partial charge is 0.257 e. The average molecular weight is 308 g/mol. The number of ether oxygens (including phenoxy) is 1. The summed E-state index contributed by atoms with van der Waals surface area (Å²) < 4.78 is 18.2. The topological polar surface area (TPSA) is 38.3 Å². The molecule has 0 aliphatic rings. The Morgan fingerprint density at radius 1 is 1.19 bits per heavy atom. The summed E-state index contributed by atoms with van der Waals surface area (Å²) in [6.45, 7) is 0.410. The molecule has 0 fully saturated rings. The van der Waals surface area contributed by atoms with Gasteiger partial charge in [-0.1, -0.05) is 41.9 Å². The maximum absolute atomic E-state index is 13.0. The molecule has 0 aromatic heterocycles. The molecule has 3 nitrogen and oxygen atoms in total. The highest BCUT2D eigenvalue weighted by molar-refractivity contribution is 6.30. The van der Waals surface area contributed by atoms with Gasteiger partial charge < -0.3 is 10.1 Å². The largest absolute Gasteiger partial charge is 0.484 e. The van der Waals surface area contributed by atoms with E-state index in [1.165, 1.54) is 18.2 Å². The Hall–Kier alpha value is -2.07. The lowest BCUT2D eigenvalue weighted by Crippen LogP contribution is -2.30. The Morgan fingerprint density at radius 2 is 1.95 bits per heavy atom. The van der Waals surface area contributed by atoms with Crippen LogP contribution in [0, 0.1) is 5.82 Å². The van der Waals surface area contributed by atoms with Crippen molar-refractivity contribution in [1.82, 2.24) is 5.32 Å². The number of rotatable bonds is 6. The van der Waals surface area contributed by atoms with Gasteiger partial charge in [0.2, 0.25) is 0 Å². The van der Waals surface area contributed by atoms with Crippen LogP contribution in [0.3, 0.4) is 0 Å². The summed E-state index contributed by atoms with van der Waals surface area (Å²) in [5.74, 6) is -0.387. The second kappa shape index (κ2) is 7.64. The van der Waals surface area contributed by atoms with Crippen molar-refractivity contribution >= 4 is 17.5 Å². The number of hydrogen-bond acceptors (Lipinski definition) is 2. The van der Waals surface area contributed by atoms with Crippen molar-refractivity contribution in [2.45, 2.75) is 6.42 Å². The van der Waals surface area contributed by atoms with Crippen LogP contribution in [0.1, 0.15) is 5.56 Å². The molecule has 2 aromatic carbocycles. The fourth-order valence-corrected chi connectivity index (χ4v) is 1.93. The molecule has 0 spiro atoms. The lowest BCUT2D eigenvalue weighted by atomic mass is 10.1. The van der Waals surface area contributed by atoms with E-state index in [0.717, 1.165) is 12.0 Å². The maximum Gasteiger partial charge on any atom is 0.257 e. The Labute approximate surface area is 127 Å². The quantitative estimate of drug-likeness (QED) is 0.890. The standard InChI is InChI=1S/C16H15ClFNO2/c17-14-10-13(6-7-15(14)18)21-11-16(20)19-9-8-12-4-2-1-3-5-12/h1-7,10H,8-9,11H2,(H,19,20). The summed E-state index contributed by atoms with van der Waals surface area (Å²) in [7, 11) is 0. The van der Waals surface area contributed by atoms with Gasteiger partial charge in [0.05, 0.1) is 5.02 Å². The van der Waals surface area contributed by atoms with Crippen molar-refractivity contribution in [2.24, 2.45) is 0 Å². The molecule has 2 rings (SSSR count). The van der Waals surface area contributed by atoms with Gasteiger partial charge in [0, 0.05) is 12.6 Å². The third-order valence-corrected chi connectivity index (χ3v) is 3.13. The molecule has 5 heteroatoms. The van der Waals surface area contributed by atoms with Crippen molar-refractivity contribution in [3.8, 4) is 5.75 Å². The summed E-state index contributed by atoms with van der Waals surface area (Å²) in [6, 6.07) is 13.8. The first kappa shape index (κ1) is 15.3. The third-order valence-electron chi connectivity index (χ3n) is 2.84. The predicted molar refractivity (Wildman–Crippen MR) is 80.1 cm³/mol. The molecule has 0 heterocycles. The molecular formula is C16H15ClFNO2. The summed E-state index contributed by atoms with van der Waals surface area (Å²) in [5.41, 5.74) is 1.16. The fraction of sp³-hybridized carbons (Fsp3) is 0.188. The summed E-state index contributed by atoms with van der Waals surface area (Å²) >= 11 is 5.63. The number of hydrogen-bond donors (Lipinski definition) is 1. The maximum atomic E-state index is 13.0. The fourth-order valence-electron chi connectivity index (χ4n) is 1.76. The number of carbonyl (C=O) groups excluding carboxylic acids is 1. The zero-order valence-electron chi connectivity index (χ0n) is 11.3. The van der Waals surface area contributed by atoms with Crippen molar-refractivity contribution < 1.29 is 13.9 Å². The van der Waals surface area contributed by atoms with E-state index in [1.54, 1.807) is 0 Å². The van der Waals surface area contributed by atoms with E-state index >= 15 is 0 Å². The van der Waals surface area contributed by atoms with E-state index in [0.29, 0.717) is 12.3 Å². The van der Waals surface area contributed by atoms with Crippen molar-refractivity contribution in [3.63, 3.8) is 0 Å².